The Hall–Kier alpha value is -2.24. The molecule has 0 aliphatic carbocycles. The summed E-state index contributed by atoms with van der Waals surface area (Å²) in [6.07, 6.45) is 5.71. The lowest BCUT2D eigenvalue weighted by molar-refractivity contribution is 0.306. The van der Waals surface area contributed by atoms with E-state index in [1.54, 1.807) is 12.5 Å². The first kappa shape index (κ1) is 13.2. The second kappa shape index (κ2) is 6.08. The van der Waals surface area contributed by atoms with Crippen LogP contribution < -0.4 is 15.4 Å². The molecule has 2 N–H and O–H groups in total. The molecular formula is C13H18N4O2. The van der Waals surface area contributed by atoms with Crippen LogP contribution in [0.5, 0.6) is 5.88 Å². The highest BCUT2D eigenvalue weighted by molar-refractivity contribution is 5.67. The maximum atomic E-state index is 6.04. The van der Waals surface area contributed by atoms with E-state index in [0.717, 1.165) is 12.0 Å². The van der Waals surface area contributed by atoms with Gasteiger partial charge < -0.3 is 19.8 Å². The molecule has 2 aromatic heterocycles. The Balaban J connectivity index is 2.14. The summed E-state index contributed by atoms with van der Waals surface area (Å²) in [4.78, 5) is 10.2. The van der Waals surface area contributed by atoms with Gasteiger partial charge in [0.2, 0.25) is 5.88 Å². The summed E-state index contributed by atoms with van der Waals surface area (Å²) in [7, 11) is 1.91. The standard InChI is InChI=1S/C13H18N4O2/c1-3-5-19-13-11(14)12(15-9-16-13)17(2)7-10-4-6-18-8-10/h4,6,8-9H,3,5,7,14H2,1-2H3. The second-order valence-corrected chi connectivity index (χ2v) is 4.25. The fourth-order valence-corrected chi connectivity index (χ4v) is 1.72. The lowest BCUT2D eigenvalue weighted by Gasteiger charge is -2.19. The molecule has 0 saturated heterocycles. The predicted molar refractivity (Wildman–Crippen MR) is 73.0 cm³/mol. The van der Waals surface area contributed by atoms with E-state index in [2.05, 4.69) is 9.97 Å². The summed E-state index contributed by atoms with van der Waals surface area (Å²) in [5, 5.41) is 0. The van der Waals surface area contributed by atoms with Gasteiger partial charge in [-0.3, -0.25) is 0 Å². The second-order valence-electron chi connectivity index (χ2n) is 4.25. The predicted octanol–water partition coefficient (Wildman–Crippen LogP) is 2.08. The number of rotatable bonds is 6. The molecule has 0 aromatic carbocycles. The van der Waals surface area contributed by atoms with Gasteiger partial charge in [0.05, 0.1) is 19.1 Å². The van der Waals surface area contributed by atoms with Gasteiger partial charge in [-0.2, -0.15) is 4.98 Å². The number of nitrogen functional groups attached to an aromatic ring is 1. The topological polar surface area (TPSA) is 77.4 Å². The highest BCUT2D eigenvalue weighted by atomic mass is 16.5. The summed E-state index contributed by atoms with van der Waals surface area (Å²) in [6.45, 7) is 3.28. The third-order valence-corrected chi connectivity index (χ3v) is 2.63. The van der Waals surface area contributed by atoms with Crippen molar-refractivity contribution in [1.29, 1.82) is 0 Å². The van der Waals surface area contributed by atoms with Gasteiger partial charge in [-0.15, -0.1) is 0 Å². The van der Waals surface area contributed by atoms with Gasteiger partial charge in [-0.25, -0.2) is 4.98 Å². The van der Waals surface area contributed by atoms with Crippen molar-refractivity contribution in [1.82, 2.24) is 9.97 Å². The number of nitrogens with two attached hydrogens (primary N) is 1. The van der Waals surface area contributed by atoms with Crippen LogP contribution >= 0.6 is 0 Å². The molecule has 0 unspecified atom stereocenters. The van der Waals surface area contributed by atoms with Crippen LogP contribution in [0.1, 0.15) is 18.9 Å². The molecule has 19 heavy (non-hydrogen) atoms. The van der Waals surface area contributed by atoms with Crippen LogP contribution in [0.2, 0.25) is 0 Å². The van der Waals surface area contributed by atoms with Crippen molar-refractivity contribution in [3.8, 4) is 5.88 Å². The van der Waals surface area contributed by atoms with E-state index in [4.69, 9.17) is 14.9 Å². The zero-order valence-corrected chi connectivity index (χ0v) is 11.2. The zero-order valence-electron chi connectivity index (χ0n) is 11.2. The summed E-state index contributed by atoms with van der Waals surface area (Å²) >= 11 is 0. The highest BCUT2D eigenvalue weighted by Crippen LogP contribution is 2.28. The molecule has 2 aromatic rings. The third-order valence-electron chi connectivity index (χ3n) is 2.63. The Bertz CT molecular complexity index is 513. The van der Waals surface area contributed by atoms with Crippen LogP contribution in [0.3, 0.4) is 0 Å². The van der Waals surface area contributed by atoms with Crippen molar-refractivity contribution in [3.05, 3.63) is 30.5 Å². The van der Waals surface area contributed by atoms with Gasteiger partial charge in [-0.05, 0) is 12.5 Å². The lowest BCUT2D eigenvalue weighted by Crippen LogP contribution is -2.19. The number of hydrogen-bond donors (Lipinski definition) is 1. The van der Waals surface area contributed by atoms with Crippen LogP contribution in [0.15, 0.2) is 29.3 Å². The molecule has 2 heterocycles. The van der Waals surface area contributed by atoms with E-state index in [1.807, 2.05) is 24.9 Å². The molecule has 102 valence electrons. The van der Waals surface area contributed by atoms with Gasteiger partial charge >= 0.3 is 0 Å². The van der Waals surface area contributed by atoms with Gasteiger partial charge in [0.15, 0.2) is 5.82 Å². The van der Waals surface area contributed by atoms with E-state index < -0.39 is 0 Å². The number of furan rings is 1. The van der Waals surface area contributed by atoms with Crippen molar-refractivity contribution in [3.63, 3.8) is 0 Å². The molecule has 6 heteroatoms. The SMILES string of the molecule is CCCOc1ncnc(N(C)Cc2ccoc2)c1N. The zero-order chi connectivity index (χ0) is 13.7. The number of aromatic nitrogens is 2. The molecule has 0 amide bonds. The molecule has 0 spiro atoms. The fraction of sp³-hybridized carbons (Fsp3) is 0.385. The van der Waals surface area contributed by atoms with Crippen LogP contribution in [-0.2, 0) is 6.54 Å². The van der Waals surface area contributed by atoms with Crippen molar-refractivity contribution in [2.24, 2.45) is 0 Å². The quantitative estimate of drug-likeness (QED) is 0.858. The van der Waals surface area contributed by atoms with E-state index in [0.29, 0.717) is 30.5 Å². The van der Waals surface area contributed by atoms with Crippen LogP contribution in [0.25, 0.3) is 0 Å². The van der Waals surface area contributed by atoms with Gasteiger partial charge in [-0.1, -0.05) is 6.92 Å². The Morgan fingerprint density at radius 2 is 2.26 bits per heavy atom. The number of ether oxygens (including phenoxy) is 1. The minimum Gasteiger partial charge on any atom is -0.476 e. The molecule has 6 nitrogen and oxygen atoms in total. The Labute approximate surface area is 112 Å². The van der Waals surface area contributed by atoms with Gasteiger partial charge in [0.25, 0.3) is 0 Å². The van der Waals surface area contributed by atoms with Crippen molar-refractivity contribution < 1.29 is 9.15 Å². The summed E-state index contributed by atoms with van der Waals surface area (Å²) in [5.41, 5.74) is 7.55. The lowest BCUT2D eigenvalue weighted by atomic mass is 10.3. The maximum absolute atomic E-state index is 6.04. The van der Waals surface area contributed by atoms with E-state index >= 15 is 0 Å². The molecule has 0 saturated carbocycles. The Morgan fingerprint density at radius 3 is 2.95 bits per heavy atom. The summed E-state index contributed by atoms with van der Waals surface area (Å²) in [5.74, 6) is 1.09. The van der Waals surface area contributed by atoms with E-state index in [9.17, 15) is 0 Å². The van der Waals surface area contributed by atoms with Gasteiger partial charge in [0.1, 0.15) is 12.0 Å². The normalized spacial score (nSPS) is 10.4. The first-order chi connectivity index (χ1) is 9.22. The smallest absolute Gasteiger partial charge is 0.242 e. The minimum absolute atomic E-state index is 0.436. The fourth-order valence-electron chi connectivity index (χ4n) is 1.72. The monoisotopic (exact) mass is 262 g/mol. The molecule has 0 bridgehead atoms. The Morgan fingerprint density at radius 1 is 1.42 bits per heavy atom. The number of anilines is 2. The average Bonchev–Trinajstić information content (AvgIpc) is 2.90. The molecule has 0 atom stereocenters. The third kappa shape index (κ3) is 3.15. The molecule has 2 rings (SSSR count). The van der Waals surface area contributed by atoms with E-state index in [-0.39, 0.29) is 0 Å². The van der Waals surface area contributed by atoms with Crippen molar-refractivity contribution >= 4 is 11.5 Å². The van der Waals surface area contributed by atoms with Crippen molar-refractivity contribution in [2.45, 2.75) is 19.9 Å². The Kier molecular flexibility index (Phi) is 4.22. The first-order valence-electron chi connectivity index (χ1n) is 6.17. The molecule has 0 radical (unpaired) electrons. The molecule has 0 fully saturated rings. The highest BCUT2D eigenvalue weighted by Gasteiger charge is 2.13. The molecule has 0 aliphatic rings. The van der Waals surface area contributed by atoms with Crippen LogP contribution in [0, 0.1) is 0 Å². The molecular weight excluding hydrogens is 244 g/mol. The van der Waals surface area contributed by atoms with Crippen LogP contribution in [0.4, 0.5) is 11.5 Å². The van der Waals surface area contributed by atoms with E-state index in [1.165, 1.54) is 6.33 Å². The molecule has 0 aliphatic heterocycles. The number of hydrogen-bond acceptors (Lipinski definition) is 6. The summed E-state index contributed by atoms with van der Waals surface area (Å²) < 4.78 is 10.5. The van der Waals surface area contributed by atoms with Gasteiger partial charge in [0, 0.05) is 19.2 Å². The number of nitrogens with zero attached hydrogens (tertiary/aromatic N) is 3. The van der Waals surface area contributed by atoms with Crippen LogP contribution in [-0.4, -0.2) is 23.6 Å². The largest absolute Gasteiger partial charge is 0.476 e. The summed E-state index contributed by atoms with van der Waals surface area (Å²) in [6, 6.07) is 1.91. The average molecular weight is 262 g/mol. The maximum Gasteiger partial charge on any atom is 0.242 e. The minimum atomic E-state index is 0.436. The van der Waals surface area contributed by atoms with Crippen molar-refractivity contribution in [2.75, 3.05) is 24.3 Å². The first-order valence-corrected chi connectivity index (χ1v) is 6.17.